The first-order chi connectivity index (χ1) is 10.2. The van der Waals surface area contributed by atoms with E-state index in [1.807, 2.05) is 6.07 Å². The summed E-state index contributed by atoms with van der Waals surface area (Å²) in [4.78, 5) is 18.4. The number of aromatic carboxylic acids is 1. The van der Waals surface area contributed by atoms with Crippen molar-refractivity contribution in [3.05, 3.63) is 22.9 Å². The lowest BCUT2D eigenvalue weighted by Gasteiger charge is -2.34. The number of hydrogen-bond donors (Lipinski definition) is 1. The molecule has 114 valence electrons. The number of ether oxygens (including phenoxy) is 1. The zero-order chi connectivity index (χ0) is 14.8. The molecule has 1 unspecified atom stereocenters. The molecule has 3 rings (SSSR count). The first-order valence-corrected chi connectivity index (χ1v) is 7.81. The van der Waals surface area contributed by atoms with Gasteiger partial charge in [-0.3, -0.25) is 0 Å². The number of carboxylic acid groups (broad SMARTS) is 1. The Labute approximate surface area is 124 Å². The third-order valence-electron chi connectivity index (χ3n) is 4.40. The van der Waals surface area contributed by atoms with Crippen molar-refractivity contribution in [1.82, 2.24) is 4.98 Å². The number of morpholine rings is 1. The second-order valence-corrected chi connectivity index (χ2v) is 5.82. The number of aryl methyl sites for hydroxylation is 2. The molecule has 0 saturated carbocycles. The van der Waals surface area contributed by atoms with E-state index in [9.17, 15) is 9.90 Å². The van der Waals surface area contributed by atoms with Gasteiger partial charge >= 0.3 is 5.97 Å². The van der Waals surface area contributed by atoms with Gasteiger partial charge in [-0.15, -0.1) is 0 Å². The van der Waals surface area contributed by atoms with Crippen molar-refractivity contribution in [3.63, 3.8) is 0 Å². The van der Waals surface area contributed by atoms with E-state index in [0.717, 1.165) is 49.9 Å². The maximum atomic E-state index is 11.6. The van der Waals surface area contributed by atoms with Crippen molar-refractivity contribution in [1.29, 1.82) is 0 Å². The summed E-state index contributed by atoms with van der Waals surface area (Å²) in [5.41, 5.74) is 2.54. The fraction of sp³-hybridized carbons (Fsp3) is 0.625. The van der Waals surface area contributed by atoms with Gasteiger partial charge < -0.3 is 14.7 Å². The summed E-state index contributed by atoms with van der Waals surface area (Å²) < 4.78 is 5.67. The lowest BCUT2D eigenvalue weighted by atomic mass is 9.94. The molecule has 1 fully saturated rings. The van der Waals surface area contributed by atoms with Crippen LogP contribution in [-0.4, -0.2) is 41.9 Å². The van der Waals surface area contributed by atoms with Gasteiger partial charge in [0, 0.05) is 18.8 Å². The second-order valence-electron chi connectivity index (χ2n) is 5.82. The van der Waals surface area contributed by atoms with E-state index in [4.69, 9.17) is 9.72 Å². The topological polar surface area (TPSA) is 62.7 Å². The molecule has 1 aromatic rings. The Kier molecular flexibility index (Phi) is 4.10. The highest BCUT2D eigenvalue weighted by atomic mass is 16.5. The van der Waals surface area contributed by atoms with Crippen molar-refractivity contribution in [2.45, 2.75) is 45.1 Å². The summed E-state index contributed by atoms with van der Waals surface area (Å²) >= 11 is 0. The molecule has 0 aromatic carbocycles. The number of rotatable bonds is 3. The average Bonchev–Trinajstić information content (AvgIpc) is 2.53. The van der Waals surface area contributed by atoms with Crippen LogP contribution in [0.25, 0.3) is 0 Å². The number of aromatic nitrogens is 1. The van der Waals surface area contributed by atoms with Crippen LogP contribution in [-0.2, 0) is 17.6 Å². The molecule has 1 atom stereocenters. The Morgan fingerprint density at radius 1 is 1.48 bits per heavy atom. The smallest absolute Gasteiger partial charge is 0.339 e. The number of anilines is 1. The van der Waals surface area contributed by atoms with Crippen LogP contribution in [0.15, 0.2) is 6.07 Å². The Balaban J connectivity index is 1.97. The zero-order valence-corrected chi connectivity index (χ0v) is 12.5. The molecule has 0 amide bonds. The molecule has 1 aromatic heterocycles. The standard InChI is InChI=1S/C16H22N2O3/c1-2-12-10-18(7-8-21-12)15-13(16(19)20)9-11-5-3-4-6-14(11)17-15/h9,12H,2-8,10H2,1H3,(H,19,20). The van der Waals surface area contributed by atoms with Gasteiger partial charge in [0.25, 0.3) is 0 Å². The van der Waals surface area contributed by atoms with Crippen LogP contribution in [0.2, 0.25) is 0 Å². The van der Waals surface area contributed by atoms with Gasteiger partial charge in [-0.1, -0.05) is 6.92 Å². The van der Waals surface area contributed by atoms with Crippen molar-refractivity contribution in [2.75, 3.05) is 24.6 Å². The predicted molar refractivity (Wildman–Crippen MR) is 80.1 cm³/mol. The molecule has 2 aliphatic rings. The Morgan fingerprint density at radius 3 is 3.05 bits per heavy atom. The maximum absolute atomic E-state index is 11.6. The van der Waals surface area contributed by atoms with E-state index in [1.165, 1.54) is 0 Å². The summed E-state index contributed by atoms with van der Waals surface area (Å²) in [7, 11) is 0. The lowest BCUT2D eigenvalue weighted by Crippen LogP contribution is -2.43. The van der Waals surface area contributed by atoms with Crippen LogP contribution in [0.1, 0.15) is 47.8 Å². The van der Waals surface area contributed by atoms with Gasteiger partial charge in [-0.05, 0) is 43.7 Å². The number of carbonyl (C=O) groups is 1. The molecule has 21 heavy (non-hydrogen) atoms. The molecule has 1 N–H and O–H groups in total. The number of carboxylic acids is 1. The predicted octanol–water partition coefficient (Wildman–Crippen LogP) is 2.27. The van der Waals surface area contributed by atoms with Crippen LogP contribution in [0, 0.1) is 0 Å². The minimum atomic E-state index is -0.884. The van der Waals surface area contributed by atoms with Crippen molar-refractivity contribution in [2.24, 2.45) is 0 Å². The van der Waals surface area contributed by atoms with Crippen LogP contribution < -0.4 is 4.90 Å². The average molecular weight is 290 g/mol. The van der Waals surface area contributed by atoms with Crippen LogP contribution in [0.4, 0.5) is 5.82 Å². The fourth-order valence-electron chi connectivity index (χ4n) is 3.18. The molecule has 5 heteroatoms. The quantitative estimate of drug-likeness (QED) is 0.925. The van der Waals surface area contributed by atoms with E-state index in [2.05, 4.69) is 11.8 Å². The highest BCUT2D eigenvalue weighted by molar-refractivity contribution is 5.93. The van der Waals surface area contributed by atoms with E-state index < -0.39 is 5.97 Å². The zero-order valence-electron chi connectivity index (χ0n) is 12.5. The van der Waals surface area contributed by atoms with Gasteiger partial charge in [0.15, 0.2) is 0 Å². The monoisotopic (exact) mass is 290 g/mol. The van der Waals surface area contributed by atoms with Gasteiger partial charge in [-0.2, -0.15) is 0 Å². The summed E-state index contributed by atoms with van der Waals surface area (Å²) in [5, 5.41) is 9.52. The highest BCUT2D eigenvalue weighted by Crippen LogP contribution is 2.28. The minimum absolute atomic E-state index is 0.165. The molecular weight excluding hydrogens is 268 g/mol. The van der Waals surface area contributed by atoms with E-state index >= 15 is 0 Å². The first kappa shape index (κ1) is 14.3. The number of pyridine rings is 1. The van der Waals surface area contributed by atoms with Gasteiger partial charge in [0.2, 0.25) is 0 Å². The molecule has 0 radical (unpaired) electrons. The van der Waals surface area contributed by atoms with E-state index in [1.54, 1.807) is 0 Å². The molecule has 0 spiro atoms. The number of fused-ring (bicyclic) bond motifs is 1. The molecule has 5 nitrogen and oxygen atoms in total. The normalized spacial score (nSPS) is 22.0. The summed E-state index contributed by atoms with van der Waals surface area (Å²) in [6.07, 6.45) is 5.28. The number of nitrogens with zero attached hydrogens (tertiary/aromatic N) is 2. The Morgan fingerprint density at radius 2 is 2.29 bits per heavy atom. The van der Waals surface area contributed by atoms with Crippen molar-refractivity contribution >= 4 is 11.8 Å². The largest absolute Gasteiger partial charge is 0.478 e. The van der Waals surface area contributed by atoms with Gasteiger partial charge in [0.1, 0.15) is 11.4 Å². The minimum Gasteiger partial charge on any atom is -0.478 e. The highest BCUT2D eigenvalue weighted by Gasteiger charge is 2.26. The molecule has 0 bridgehead atoms. The maximum Gasteiger partial charge on any atom is 0.339 e. The van der Waals surface area contributed by atoms with Crippen LogP contribution in [0.5, 0.6) is 0 Å². The lowest BCUT2D eigenvalue weighted by molar-refractivity contribution is 0.0379. The molecule has 2 heterocycles. The van der Waals surface area contributed by atoms with Crippen LogP contribution >= 0.6 is 0 Å². The first-order valence-electron chi connectivity index (χ1n) is 7.81. The second kappa shape index (κ2) is 6.02. The summed E-state index contributed by atoms with van der Waals surface area (Å²) in [5.74, 6) is -0.254. The Hall–Kier alpha value is -1.62. The third kappa shape index (κ3) is 2.88. The molecule has 1 saturated heterocycles. The molecular formula is C16H22N2O3. The van der Waals surface area contributed by atoms with Crippen LogP contribution in [0.3, 0.4) is 0 Å². The number of hydrogen-bond acceptors (Lipinski definition) is 4. The summed E-state index contributed by atoms with van der Waals surface area (Å²) in [6.45, 7) is 4.16. The Bertz CT molecular complexity index is 545. The fourth-order valence-corrected chi connectivity index (χ4v) is 3.18. The van der Waals surface area contributed by atoms with Crippen molar-refractivity contribution in [3.8, 4) is 0 Å². The third-order valence-corrected chi connectivity index (χ3v) is 4.40. The van der Waals surface area contributed by atoms with E-state index in [0.29, 0.717) is 24.5 Å². The molecule has 1 aliphatic carbocycles. The van der Waals surface area contributed by atoms with Crippen molar-refractivity contribution < 1.29 is 14.6 Å². The van der Waals surface area contributed by atoms with Gasteiger partial charge in [0.05, 0.1) is 12.7 Å². The van der Waals surface area contributed by atoms with Gasteiger partial charge in [-0.25, -0.2) is 9.78 Å². The SMILES string of the molecule is CCC1CN(c2nc3c(cc2C(=O)O)CCCC3)CCO1. The summed E-state index contributed by atoms with van der Waals surface area (Å²) in [6, 6.07) is 1.84. The van der Waals surface area contributed by atoms with E-state index in [-0.39, 0.29) is 6.10 Å². The molecule has 1 aliphatic heterocycles.